The minimum absolute atomic E-state index is 0.245. The maximum atomic E-state index is 12.0. The lowest BCUT2D eigenvalue weighted by molar-refractivity contribution is -0.314. The third kappa shape index (κ3) is 1.43. The van der Waals surface area contributed by atoms with Crippen LogP contribution in [0.1, 0.15) is 18.2 Å². The first-order valence-electron chi connectivity index (χ1n) is 6.13. The quantitative estimate of drug-likeness (QED) is 0.625. The van der Waals surface area contributed by atoms with E-state index in [2.05, 4.69) is 4.98 Å². The molecule has 0 spiro atoms. The molecule has 0 unspecified atom stereocenters. The Morgan fingerprint density at radius 3 is 2.85 bits per heavy atom. The van der Waals surface area contributed by atoms with Crippen molar-refractivity contribution in [2.24, 2.45) is 0 Å². The molecule has 9 nitrogen and oxygen atoms in total. The van der Waals surface area contributed by atoms with Gasteiger partial charge in [-0.05, 0) is 0 Å². The molecule has 0 amide bonds. The zero-order valence-electron chi connectivity index (χ0n) is 10.4. The predicted octanol–water partition coefficient (Wildman–Crippen LogP) is -1.80. The topological polar surface area (TPSA) is 112 Å². The van der Waals surface area contributed by atoms with Crippen LogP contribution in [0.5, 0.6) is 0 Å². The molecule has 2 fully saturated rings. The number of aromatic nitrogens is 2. The minimum atomic E-state index is -0.984. The Balaban J connectivity index is 1.95. The second-order valence-corrected chi connectivity index (χ2v) is 4.89. The van der Waals surface area contributed by atoms with Crippen LogP contribution in [0.15, 0.2) is 15.7 Å². The van der Waals surface area contributed by atoms with Crippen molar-refractivity contribution in [1.82, 2.24) is 9.55 Å². The number of nitrogens with zero attached hydrogens (tertiary/aromatic N) is 1. The van der Waals surface area contributed by atoms with Crippen LogP contribution in [0.3, 0.4) is 0 Å². The van der Waals surface area contributed by atoms with Crippen LogP contribution in [-0.4, -0.2) is 46.4 Å². The highest BCUT2D eigenvalue weighted by molar-refractivity contribution is 5.12. The fourth-order valence-electron chi connectivity index (χ4n) is 2.93. The first-order chi connectivity index (χ1) is 9.60. The molecule has 3 aliphatic rings. The summed E-state index contributed by atoms with van der Waals surface area (Å²) in [5.74, 6) is 0. The Hall–Kier alpha value is -1.52. The normalized spacial score (nSPS) is 41.5. The minimum Gasteiger partial charge on any atom is -0.387 e. The SMILES string of the molecule is CO[C@@H]1O[C@H]2O[C@H]3[C@H](O)[C@@H]1O[C@H]3n1c2cc(=O)[nH]c1=O. The van der Waals surface area contributed by atoms with E-state index >= 15 is 0 Å². The summed E-state index contributed by atoms with van der Waals surface area (Å²) in [4.78, 5) is 25.6. The summed E-state index contributed by atoms with van der Waals surface area (Å²) in [6.07, 6.45) is -5.10. The molecule has 4 heterocycles. The molecule has 0 saturated carbocycles. The van der Waals surface area contributed by atoms with E-state index in [-0.39, 0.29) is 5.69 Å². The molecule has 9 heteroatoms. The molecule has 2 N–H and O–H groups in total. The first kappa shape index (κ1) is 12.2. The number of H-pyrrole nitrogens is 1. The van der Waals surface area contributed by atoms with Crippen LogP contribution in [-0.2, 0) is 18.9 Å². The monoisotopic (exact) mass is 284 g/mol. The fraction of sp³-hybridized carbons (Fsp3) is 0.636. The van der Waals surface area contributed by atoms with Crippen molar-refractivity contribution in [3.05, 3.63) is 32.6 Å². The summed E-state index contributed by atoms with van der Waals surface area (Å²) >= 11 is 0. The first-order valence-corrected chi connectivity index (χ1v) is 6.13. The van der Waals surface area contributed by atoms with Crippen molar-refractivity contribution >= 4 is 0 Å². The molecule has 0 radical (unpaired) electrons. The van der Waals surface area contributed by atoms with E-state index in [0.717, 1.165) is 0 Å². The number of nitrogens with one attached hydrogen (secondary N) is 1. The summed E-state index contributed by atoms with van der Waals surface area (Å²) in [5, 5.41) is 10.2. The molecular formula is C11H12N2O7. The standard InChI is InChI=1S/C11H12N2O7/c1-17-10-7-5(15)6-8(18-7)13-3(9(19-6)20-10)2-4(14)12-11(13)16/h2,5-10,15H,1H3,(H,12,14,16)/t5-,6-,7-,8+,9+,10+/m0/s1. The number of aromatic amines is 1. The third-order valence-corrected chi connectivity index (χ3v) is 3.79. The zero-order valence-corrected chi connectivity index (χ0v) is 10.4. The van der Waals surface area contributed by atoms with Crippen LogP contribution in [0, 0.1) is 0 Å². The van der Waals surface area contributed by atoms with E-state index in [1.165, 1.54) is 17.7 Å². The molecule has 4 rings (SSSR count). The number of aliphatic hydroxyl groups excluding tert-OH is 1. The van der Waals surface area contributed by atoms with Gasteiger partial charge in [0.25, 0.3) is 5.56 Å². The average Bonchev–Trinajstić information content (AvgIpc) is 2.63. The number of hydrogen-bond acceptors (Lipinski definition) is 7. The largest absolute Gasteiger partial charge is 0.387 e. The predicted molar refractivity (Wildman–Crippen MR) is 60.7 cm³/mol. The van der Waals surface area contributed by atoms with Gasteiger partial charge < -0.3 is 24.1 Å². The van der Waals surface area contributed by atoms with Gasteiger partial charge in [0, 0.05) is 13.2 Å². The zero-order chi connectivity index (χ0) is 14.0. The van der Waals surface area contributed by atoms with Gasteiger partial charge in [0.15, 0.2) is 12.5 Å². The molecule has 1 aromatic heterocycles. The van der Waals surface area contributed by atoms with Crippen LogP contribution in [0.25, 0.3) is 0 Å². The summed E-state index contributed by atoms with van der Waals surface area (Å²) in [6.45, 7) is 0. The van der Waals surface area contributed by atoms with Gasteiger partial charge in [-0.25, -0.2) is 4.79 Å². The Labute approximate surface area is 111 Å². The van der Waals surface area contributed by atoms with Gasteiger partial charge in [-0.2, -0.15) is 0 Å². The van der Waals surface area contributed by atoms with Gasteiger partial charge in [0.1, 0.15) is 18.3 Å². The lowest BCUT2D eigenvalue weighted by Gasteiger charge is -2.36. The Kier molecular flexibility index (Phi) is 2.44. The number of ether oxygens (including phenoxy) is 4. The summed E-state index contributed by atoms with van der Waals surface area (Å²) in [6, 6.07) is 1.21. The second kappa shape index (κ2) is 3.99. The maximum absolute atomic E-state index is 12.0. The molecular weight excluding hydrogens is 272 g/mol. The molecule has 3 bridgehead atoms. The van der Waals surface area contributed by atoms with Crippen LogP contribution < -0.4 is 11.2 Å². The van der Waals surface area contributed by atoms with Gasteiger partial charge in [0.05, 0.1) is 5.69 Å². The molecule has 108 valence electrons. The number of hydrogen-bond donors (Lipinski definition) is 2. The number of rotatable bonds is 1. The van der Waals surface area contributed by atoms with Crippen LogP contribution in [0.2, 0.25) is 0 Å². The van der Waals surface area contributed by atoms with Gasteiger partial charge in [-0.1, -0.05) is 0 Å². The smallest absolute Gasteiger partial charge is 0.330 e. The van der Waals surface area contributed by atoms with Crippen molar-refractivity contribution in [3.8, 4) is 0 Å². The lowest BCUT2D eigenvalue weighted by atomic mass is 10.1. The highest BCUT2D eigenvalue weighted by atomic mass is 16.8. The highest BCUT2D eigenvalue weighted by Gasteiger charge is 2.57. The molecule has 3 aliphatic heterocycles. The van der Waals surface area contributed by atoms with Gasteiger partial charge in [-0.15, -0.1) is 0 Å². The summed E-state index contributed by atoms with van der Waals surface area (Å²) in [5.41, 5.74) is -0.931. The number of aliphatic hydroxyl groups is 1. The molecule has 0 aliphatic carbocycles. The fourth-order valence-corrected chi connectivity index (χ4v) is 2.93. The van der Waals surface area contributed by atoms with E-state index in [9.17, 15) is 14.7 Å². The van der Waals surface area contributed by atoms with Crippen molar-refractivity contribution < 1.29 is 24.1 Å². The Morgan fingerprint density at radius 1 is 1.30 bits per heavy atom. The van der Waals surface area contributed by atoms with E-state index in [4.69, 9.17) is 18.9 Å². The molecule has 6 atom stereocenters. The average molecular weight is 284 g/mol. The molecule has 2 saturated heterocycles. The van der Waals surface area contributed by atoms with Gasteiger partial charge >= 0.3 is 5.69 Å². The lowest BCUT2D eigenvalue weighted by Crippen LogP contribution is -2.46. The Morgan fingerprint density at radius 2 is 2.10 bits per heavy atom. The van der Waals surface area contributed by atoms with E-state index < -0.39 is 48.4 Å². The summed E-state index contributed by atoms with van der Waals surface area (Å²) < 4.78 is 23.2. The summed E-state index contributed by atoms with van der Waals surface area (Å²) in [7, 11) is 1.41. The van der Waals surface area contributed by atoms with Gasteiger partial charge in [0.2, 0.25) is 6.29 Å². The van der Waals surface area contributed by atoms with Crippen LogP contribution >= 0.6 is 0 Å². The van der Waals surface area contributed by atoms with Crippen molar-refractivity contribution in [2.45, 2.75) is 37.1 Å². The molecule has 20 heavy (non-hydrogen) atoms. The third-order valence-electron chi connectivity index (χ3n) is 3.79. The van der Waals surface area contributed by atoms with Crippen molar-refractivity contribution in [2.75, 3.05) is 7.11 Å². The Bertz CT molecular complexity index is 667. The van der Waals surface area contributed by atoms with E-state index in [1.807, 2.05) is 0 Å². The maximum Gasteiger partial charge on any atom is 0.330 e. The molecule has 1 aromatic rings. The van der Waals surface area contributed by atoms with Crippen LogP contribution in [0.4, 0.5) is 0 Å². The van der Waals surface area contributed by atoms with Crippen molar-refractivity contribution in [1.29, 1.82) is 0 Å². The molecule has 0 aromatic carbocycles. The van der Waals surface area contributed by atoms with Crippen molar-refractivity contribution in [3.63, 3.8) is 0 Å². The second-order valence-electron chi connectivity index (χ2n) is 4.89. The number of methoxy groups -OCH3 is 1. The highest BCUT2D eigenvalue weighted by Crippen LogP contribution is 2.45. The van der Waals surface area contributed by atoms with E-state index in [0.29, 0.717) is 0 Å². The number of fused-ring (bicyclic) bond motifs is 5. The van der Waals surface area contributed by atoms with E-state index in [1.54, 1.807) is 0 Å². The van der Waals surface area contributed by atoms with Gasteiger partial charge in [-0.3, -0.25) is 14.3 Å².